The van der Waals surface area contributed by atoms with E-state index in [2.05, 4.69) is 21.2 Å². The molecule has 2 rings (SSSR count). The van der Waals surface area contributed by atoms with Crippen molar-refractivity contribution in [3.05, 3.63) is 57.8 Å². The highest BCUT2D eigenvalue weighted by molar-refractivity contribution is 9.10. The molecule has 98 valence electrons. The first kappa shape index (κ1) is 13.5. The van der Waals surface area contributed by atoms with Crippen LogP contribution in [0.3, 0.4) is 0 Å². The van der Waals surface area contributed by atoms with Gasteiger partial charge in [-0.2, -0.15) is 0 Å². The van der Waals surface area contributed by atoms with Crippen molar-refractivity contribution in [2.75, 3.05) is 11.1 Å². The van der Waals surface area contributed by atoms with Crippen molar-refractivity contribution in [1.29, 1.82) is 0 Å². The van der Waals surface area contributed by atoms with E-state index in [0.29, 0.717) is 15.8 Å². The normalized spacial score (nSPS) is 10.3. The summed E-state index contributed by atoms with van der Waals surface area (Å²) in [6.07, 6.45) is 0. The summed E-state index contributed by atoms with van der Waals surface area (Å²) in [7, 11) is 0. The SMILES string of the molecule is Cc1cc(Br)c(NC(=O)c2ccccc2F)cc1N. The second kappa shape index (κ2) is 5.40. The zero-order valence-electron chi connectivity index (χ0n) is 10.2. The van der Waals surface area contributed by atoms with E-state index in [9.17, 15) is 9.18 Å². The van der Waals surface area contributed by atoms with E-state index >= 15 is 0 Å². The molecule has 1 amide bonds. The minimum atomic E-state index is -0.559. The number of benzene rings is 2. The van der Waals surface area contributed by atoms with Crippen molar-refractivity contribution >= 4 is 33.2 Å². The molecule has 0 unspecified atom stereocenters. The van der Waals surface area contributed by atoms with Crippen molar-refractivity contribution in [3.63, 3.8) is 0 Å². The Morgan fingerprint density at radius 1 is 1.32 bits per heavy atom. The van der Waals surface area contributed by atoms with Gasteiger partial charge < -0.3 is 11.1 Å². The monoisotopic (exact) mass is 322 g/mol. The molecule has 0 heterocycles. The van der Waals surface area contributed by atoms with Crippen LogP contribution in [-0.4, -0.2) is 5.91 Å². The Kier molecular flexibility index (Phi) is 3.85. The molecule has 0 aliphatic carbocycles. The van der Waals surface area contributed by atoms with E-state index in [4.69, 9.17) is 5.73 Å². The average molecular weight is 323 g/mol. The molecule has 19 heavy (non-hydrogen) atoms. The summed E-state index contributed by atoms with van der Waals surface area (Å²) in [6.45, 7) is 1.86. The van der Waals surface area contributed by atoms with Crippen molar-refractivity contribution in [3.8, 4) is 0 Å². The third kappa shape index (κ3) is 2.93. The van der Waals surface area contributed by atoms with Crippen LogP contribution in [0.15, 0.2) is 40.9 Å². The Labute approximate surface area is 118 Å². The lowest BCUT2D eigenvalue weighted by Gasteiger charge is -2.10. The lowest BCUT2D eigenvalue weighted by atomic mass is 10.1. The van der Waals surface area contributed by atoms with Gasteiger partial charge in [0, 0.05) is 10.2 Å². The van der Waals surface area contributed by atoms with Crippen LogP contribution in [0.2, 0.25) is 0 Å². The van der Waals surface area contributed by atoms with Crippen LogP contribution in [0.4, 0.5) is 15.8 Å². The first-order chi connectivity index (χ1) is 8.99. The fourth-order valence-corrected chi connectivity index (χ4v) is 2.18. The molecular formula is C14H12BrFN2O. The number of rotatable bonds is 2. The maximum absolute atomic E-state index is 13.5. The summed E-state index contributed by atoms with van der Waals surface area (Å²) in [5.41, 5.74) is 7.75. The lowest BCUT2D eigenvalue weighted by molar-refractivity contribution is 0.102. The molecule has 0 bridgehead atoms. The van der Waals surface area contributed by atoms with Crippen LogP contribution in [0.25, 0.3) is 0 Å². The first-order valence-electron chi connectivity index (χ1n) is 5.60. The Morgan fingerprint density at radius 3 is 2.68 bits per heavy atom. The molecule has 0 saturated carbocycles. The van der Waals surface area contributed by atoms with E-state index in [0.717, 1.165) is 5.56 Å². The smallest absolute Gasteiger partial charge is 0.258 e. The summed E-state index contributed by atoms with van der Waals surface area (Å²) in [4.78, 5) is 12.0. The standard InChI is InChI=1S/C14H12BrFN2O/c1-8-6-10(15)13(7-12(8)17)18-14(19)9-4-2-3-5-11(9)16/h2-7H,17H2,1H3,(H,18,19). The van der Waals surface area contributed by atoms with Crippen molar-refractivity contribution in [1.82, 2.24) is 0 Å². The molecule has 0 fully saturated rings. The number of hydrogen-bond acceptors (Lipinski definition) is 2. The van der Waals surface area contributed by atoms with Gasteiger partial charge in [0.1, 0.15) is 5.82 Å². The van der Waals surface area contributed by atoms with Crippen molar-refractivity contribution in [2.45, 2.75) is 6.92 Å². The maximum atomic E-state index is 13.5. The van der Waals surface area contributed by atoms with Crippen LogP contribution in [0, 0.1) is 12.7 Å². The molecular weight excluding hydrogens is 311 g/mol. The molecule has 3 N–H and O–H groups in total. The third-order valence-electron chi connectivity index (χ3n) is 2.72. The molecule has 0 aliphatic rings. The van der Waals surface area contributed by atoms with E-state index in [-0.39, 0.29) is 5.56 Å². The minimum Gasteiger partial charge on any atom is -0.398 e. The molecule has 0 aromatic heterocycles. The van der Waals surface area contributed by atoms with E-state index < -0.39 is 11.7 Å². The highest BCUT2D eigenvalue weighted by Crippen LogP contribution is 2.28. The molecule has 0 spiro atoms. The summed E-state index contributed by atoms with van der Waals surface area (Å²) >= 11 is 3.34. The molecule has 2 aromatic carbocycles. The number of aryl methyl sites for hydroxylation is 1. The molecule has 0 atom stereocenters. The fraction of sp³-hybridized carbons (Fsp3) is 0.0714. The van der Waals surface area contributed by atoms with Gasteiger partial charge in [-0.3, -0.25) is 4.79 Å². The van der Waals surface area contributed by atoms with Gasteiger partial charge >= 0.3 is 0 Å². The van der Waals surface area contributed by atoms with E-state index in [1.165, 1.54) is 18.2 Å². The van der Waals surface area contributed by atoms with Gasteiger partial charge in [0.25, 0.3) is 5.91 Å². The van der Waals surface area contributed by atoms with E-state index in [1.54, 1.807) is 18.2 Å². The summed E-state index contributed by atoms with van der Waals surface area (Å²) in [6, 6.07) is 9.25. The minimum absolute atomic E-state index is 0.00598. The van der Waals surface area contributed by atoms with E-state index in [1.807, 2.05) is 6.92 Å². The average Bonchev–Trinajstić information content (AvgIpc) is 2.36. The largest absolute Gasteiger partial charge is 0.398 e. The first-order valence-corrected chi connectivity index (χ1v) is 6.40. The molecule has 0 aliphatic heterocycles. The number of nitrogens with one attached hydrogen (secondary N) is 1. The van der Waals surface area contributed by atoms with Gasteiger partial charge in [-0.05, 0) is 52.7 Å². The number of carbonyl (C=O) groups excluding carboxylic acids is 1. The molecule has 2 aromatic rings. The lowest BCUT2D eigenvalue weighted by Crippen LogP contribution is -2.14. The number of carbonyl (C=O) groups is 1. The van der Waals surface area contributed by atoms with Gasteiger partial charge in [-0.15, -0.1) is 0 Å². The highest BCUT2D eigenvalue weighted by atomic mass is 79.9. The van der Waals surface area contributed by atoms with Gasteiger partial charge in [-0.1, -0.05) is 12.1 Å². The second-order valence-electron chi connectivity index (χ2n) is 4.12. The predicted molar refractivity (Wildman–Crippen MR) is 77.6 cm³/mol. The van der Waals surface area contributed by atoms with Crippen LogP contribution < -0.4 is 11.1 Å². The maximum Gasteiger partial charge on any atom is 0.258 e. The Bertz CT molecular complexity index is 643. The second-order valence-corrected chi connectivity index (χ2v) is 4.98. The number of nitrogens with two attached hydrogens (primary N) is 1. The topological polar surface area (TPSA) is 55.1 Å². The number of nitrogen functional groups attached to an aromatic ring is 1. The number of hydrogen-bond donors (Lipinski definition) is 2. The zero-order chi connectivity index (χ0) is 14.0. The predicted octanol–water partition coefficient (Wildman–Crippen LogP) is 3.73. The zero-order valence-corrected chi connectivity index (χ0v) is 11.8. The van der Waals surface area contributed by atoms with Crippen LogP contribution in [0.1, 0.15) is 15.9 Å². The molecule has 5 heteroatoms. The number of amides is 1. The van der Waals surface area contributed by atoms with Crippen LogP contribution in [-0.2, 0) is 0 Å². The Balaban J connectivity index is 2.30. The summed E-state index contributed by atoms with van der Waals surface area (Å²) in [5.74, 6) is -1.07. The third-order valence-corrected chi connectivity index (χ3v) is 3.38. The van der Waals surface area contributed by atoms with Gasteiger partial charge in [0.05, 0.1) is 11.3 Å². The Hall–Kier alpha value is -1.88. The van der Waals surface area contributed by atoms with Gasteiger partial charge in [0.15, 0.2) is 0 Å². The highest BCUT2D eigenvalue weighted by Gasteiger charge is 2.13. The quantitative estimate of drug-likeness (QED) is 0.828. The molecule has 0 saturated heterocycles. The fourth-order valence-electron chi connectivity index (χ4n) is 1.62. The van der Waals surface area contributed by atoms with Gasteiger partial charge in [-0.25, -0.2) is 4.39 Å². The summed E-state index contributed by atoms with van der Waals surface area (Å²) in [5, 5.41) is 2.63. The van der Waals surface area contributed by atoms with Crippen molar-refractivity contribution < 1.29 is 9.18 Å². The van der Waals surface area contributed by atoms with Crippen LogP contribution in [0.5, 0.6) is 0 Å². The molecule has 3 nitrogen and oxygen atoms in total. The summed E-state index contributed by atoms with van der Waals surface area (Å²) < 4.78 is 14.2. The molecule has 0 radical (unpaired) electrons. The number of anilines is 2. The Morgan fingerprint density at radius 2 is 2.00 bits per heavy atom. The number of halogens is 2. The van der Waals surface area contributed by atoms with Crippen LogP contribution >= 0.6 is 15.9 Å². The van der Waals surface area contributed by atoms with Crippen molar-refractivity contribution in [2.24, 2.45) is 0 Å². The van der Waals surface area contributed by atoms with Gasteiger partial charge in [0.2, 0.25) is 0 Å².